The Morgan fingerprint density at radius 3 is 2.00 bits per heavy atom. The molecule has 0 aromatic rings. The minimum absolute atomic E-state index is 0.138. The smallest absolute Gasteiger partial charge is 0.434 e. The molecule has 0 aromatic carbocycles. The van der Waals surface area contributed by atoms with Gasteiger partial charge in [0.15, 0.2) is 6.29 Å². The molecule has 0 aliphatic carbocycles. The lowest BCUT2D eigenvalue weighted by Gasteiger charge is -2.15. The van der Waals surface area contributed by atoms with Crippen LogP contribution in [0.3, 0.4) is 0 Å². The van der Waals surface area contributed by atoms with E-state index in [-0.39, 0.29) is 13.0 Å². The molecule has 0 radical (unpaired) electrons. The van der Waals surface area contributed by atoms with Crippen molar-refractivity contribution in [3.8, 4) is 0 Å². The van der Waals surface area contributed by atoms with Gasteiger partial charge in [0.2, 0.25) is 0 Å². The fraction of sp³-hybridized carbons (Fsp3) is 0.800. The van der Waals surface area contributed by atoms with Crippen LogP contribution in [-0.4, -0.2) is 38.2 Å². The first-order valence-electron chi connectivity index (χ1n) is 5.24. The van der Waals surface area contributed by atoms with Crippen LogP contribution in [0.15, 0.2) is 0 Å². The van der Waals surface area contributed by atoms with Crippen molar-refractivity contribution in [3.63, 3.8) is 0 Å². The van der Waals surface area contributed by atoms with Gasteiger partial charge in [-0.2, -0.15) is 0 Å². The second-order valence-electron chi connectivity index (χ2n) is 2.70. The summed E-state index contributed by atoms with van der Waals surface area (Å²) in [7, 11) is 0. The second-order valence-corrected chi connectivity index (χ2v) is 2.70. The molecular weight excluding hydrogens is 216 g/mol. The van der Waals surface area contributed by atoms with Gasteiger partial charge in [-0.15, -0.1) is 0 Å². The average Bonchev–Trinajstić information content (AvgIpc) is 2.18. The number of hydrogen-bond acceptors (Lipinski definition) is 6. The first kappa shape index (κ1) is 14.9. The number of ether oxygens (including phenoxy) is 4. The molecule has 0 bridgehead atoms. The highest BCUT2D eigenvalue weighted by atomic mass is 16.7. The Hall–Kier alpha value is -1.14. The molecule has 6 nitrogen and oxygen atoms in total. The first-order valence-corrected chi connectivity index (χ1v) is 5.24. The fourth-order valence-corrected chi connectivity index (χ4v) is 0.956. The normalized spacial score (nSPS) is 10.2. The quantitative estimate of drug-likeness (QED) is 0.377. The van der Waals surface area contributed by atoms with Gasteiger partial charge in [-0.3, -0.25) is 4.79 Å². The number of rotatable bonds is 7. The minimum atomic E-state index is -1.00. The van der Waals surface area contributed by atoms with E-state index in [2.05, 4.69) is 9.47 Å². The van der Waals surface area contributed by atoms with Crippen LogP contribution < -0.4 is 0 Å². The van der Waals surface area contributed by atoms with Crippen LogP contribution in [0.1, 0.15) is 27.2 Å². The summed E-state index contributed by atoms with van der Waals surface area (Å²) in [5.41, 5.74) is 0. The Labute approximate surface area is 94.8 Å². The lowest BCUT2D eigenvalue weighted by molar-refractivity contribution is -0.165. The van der Waals surface area contributed by atoms with Crippen LogP contribution in [0.25, 0.3) is 0 Å². The van der Waals surface area contributed by atoms with Gasteiger partial charge < -0.3 is 18.9 Å². The summed E-state index contributed by atoms with van der Waals surface area (Å²) in [6, 6.07) is 0. The number of hydrogen-bond donors (Lipinski definition) is 0. The molecule has 0 rings (SSSR count). The monoisotopic (exact) mass is 234 g/mol. The third kappa shape index (κ3) is 7.19. The Kier molecular flexibility index (Phi) is 8.46. The molecule has 0 aliphatic heterocycles. The van der Waals surface area contributed by atoms with Gasteiger partial charge in [0, 0.05) is 13.2 Å². The predicted octanol–water partition coefficient (Wildman–Crippen LogP) is 1.48. The van der Waals surface area contributed by atoms with E-state index in [0.717, 1.165) is 0 Å². The van der Waals surface area contributed by atoms with Gasteiger partial charge in [-0.1, -0.05) is 0 Å². The van der Waals surface area contributed by atoms with Crippen LogP contribution in [0.4, 0.5) is 4.79 Å². The van der Waals surface area contributed by atoms with Crippen molar-refractivity contribution in [3.05, 3.63) is 0 Å². The highest BCUT2D eigenvalue weighted by Gasteiger charge is 2.18. The number of esters is 1. The van der Waals surface area contributed by atoms with Gasteiger partial charge in [0.1, 0.15) is 0 Å². The van der Waals surface area contributed by atoms with E-state index in [1.807, 2.05) is 0 Å². The van der Waals surface area contributed by atoms with Gasteiger partial charge in [0.25, 0.3) is 0 Å². The van der Waals surface area contributed by atoms with Crippen LogP contribution in [0.5, 0.6) is 0 Å². The highest BCUT2D eigenvalue weighted by molar-refractivity contribution is 5.81. The van der Waals surface area contributed by atoms with Gasteiger partial charge >= 0.3 is 12.1 Å². The summed E-state index contributed by atoms with van der Waals surface area (Å²) in [4.78, 5) is 22.0. The van der Waals surface area contributed by atoms with Crippen LogP contribution in [0.2, 0.25) is 0 Å². The lowest BCUT2D eigenvalue weighted by atomic mass is 10.4. The molecule has 0 aromatic heterocycles. The molecule has 16 heavy (non-hydrogen) atoms. The van der Waals surface area contributed by atoms with E-state index in [4.69, 9.17) is 9.47 Å². The van der Waals surface area contributed by atoms with E-state index >= 15 is 0 Å². The van der Waals surface area contributed by atoms with Crippen molar-refractivity contribution in [2.45, 2.75) is 33.5 Å². The number of carbonyl (C=O) groups is 2. The van der Waals surface area contributed by atoms with E-state index in [1.54, 1.807) is 20.8 Å². The minimum Gasteiger partial charge on any atom is -0.434 e. The summed E-state index contributed by atoms with van der Waals surface area (Å²) in [5, 5.41) is 0. The maximum atomic E-state index is 11.2. The molecule has 6 heteroatoms. The molecule has 94 valence electrons. The SMILES string of the molecule is CCOC(=O)OC(=O)CC(OCC)OCC. The summed E-state index contributed by atoms with van der Waals surface area (Å²) in [6.45, 7) is 6.17. The Balaban J connectivity index is 3.93. The summed E-state index contributed by atoms with van der Waals surface area (Å²) in [5.74, 6) is -0.731. The molecule has 0 unspecified atom stereocenters. The molecule has 0 atom stereocenters. The molecule has 0 fully saturated rings. The van der Waals surface area contributed by atoms with Crippen molar-refractivity contribution in [2.24, 2.45) is 0 Å². The zero-order valence-electron chi connectivity index (χ0n) is 9.86. The maximum absolute atomic E-state index is 11.2. The number of carbonyl (C=O) groups excluding carboxylic acids is 2. The highest BCUT2D eigenvalue weighted by Crippen LogP contribution is 2.03. The van der Waals surface area contributed by atoms with Gasteiger partial charge in [-0.05, 0) is 20.8 Å². The van der Waals surface area contributed by atoms with E-state index in [9.17, 15) is 9.59 Å². The summed E-state index contributed by atoms with van der Waals surface area (Å²) in [6.07, 6.45) is -1.82. The molecule has 0 saturated carbocycles. The summed E-state index contributed by atoms with van der Waals surface area (Å²) < 4.78 is 19.0. The van der Waals surface area contributed by atoms with Gasteiger partial charge in [0.05, 0.1) is 13.0 Å². The van der Waals surface area contributed by atoms with E-state index in [1.165, 1.54) is 0 Å². The zero-order chi connectivity index (χ0) is 12.4. The Morgan fingerprint density at radius 2 is 1.56 bits per heavy atom. The predicted molar refractivity (Wildman–Crippen MR) is 54.8 cm³/mol. The second kappa shape index (κ2) is 9.11. The van der Waals surface area contributed by atoms with Crippen molar-refractivity contribution in [2.75, 3.05) is 19.8 Å². The molecular formula is C10H18O6. The topological polar surface area (TPSA) is 71.1 Å². The average molecular weight is 234 g/mol. The van der Waals surface area contributed by atoms with Crippen molar-refractivity contribution in [1.82, 2.24) is 0 Å². The van der Waals surface area contributed by atoms with Crippen LogP contribution in [0, 0.1) is 0 Å². The van der Waals surface area contributed by atoms with Crippen molar-refractivity contribution >= 4 is 12.1 Å². The third-order valence-corrected chi connectivity index (χ3v) is 1.50. The summed E-state index contributed by atoms with van der Waals surface area (Å²) >= 11 is 0. The largest absolute Gasteiger partial charge is 0.516 e. The van der Waals surface area contributed by atoms with Gasteiger partial charge in [-0.25, -0.2) is 4.79 Å². The fourth-order valence-electron chi connectivity index (χ4n) is 0.956. The van der Waals surface area contributed by atoms with Crippen LogP contribution in [-0.2, 0) is 23.7 Å². The molecule has 0 heterocycles. The third-order valence-electron chi connectivity index (χ3n) is 1.50. The first-order chi connectivity index (χ1) is 7.63. The zero-order valence-corrected chi connectivity index (χ0v) is 9.86. The Morgan fingerprint density at radius 1 is 1.00 bits per heavy atom. The molecule has 0 amide bonds. The Bertz CT molecular complexity index is 209. The molecule has 0 aliphatic rings. The van der Waals surface area contributed by atoms with E-state index in [0.29, 0.717) is 13.2 Å². The standard InChI is InChI=1S/C10H18O6/c1-4-13-9(14-5-2)7-8(11)16-10(12)15-6-3/h9H,4-7H2,1-3H3. The van der Waals surface area contributed by atoms with Crippen molar-refractivity contribution in [1.29, 1.82) is 0 Å². The lowest BCUT2D eigenvalue weighted by Crippen LogP contribution is -2.24. The molecule has 0 saturated heterocycles. The van der Waals surface area contributed by atoms with Crippen LogP contribution >= 0.6 is 0 Å². The molecule has 0 spiro atoms. The van der Waals surface area contributed by atoms with Crippen molar-refractivity contribution < 1.29 is 28.5 Å². The van der Waals surface area contributed by atoms with E-state index < -0.39 is 18.4 Å². The molecule has 0 N–H and O–H groups in total. The maximum Gasteiger partial charge on any atom is 0.516 e.